The van der Waals surface area contributed by atoms with Crippen molar-refractivity contribution in [2.24, 2.45) is 0 Å². The van der Waals surface area contributed by atoms with Gasteiger partial charge in [0.05, 0.1) is 16.7 Å². The van der Waals surface area contributed by atoms with Crippen LogP contribution in [-0.2, 0) is 5.41 Å². The average Bonchev–Trinajstić information content (AvgIpc) is 2.85. The number of benzene rings is 1. The van der Waals surface area contributed by atoms with E-state index in [2.05, 4.69) is 16.0 Å². The molecule has 1 amide bonds. The standard InChI is InChI=1S/C26H30N4O2/c1-3-29(4-2)25(32)20-12-13-23(28-18-20)26(21-9-7-10-22(31)17-21)14-8-16-30(19-26)24-11-5-6-15-27-24/h5-7,9-13,15,17-18,31H,3-4,8,14,16,19H2,1-2H3. The fourth-order valence-corrected chi connectivity index (χ4v) is 4.68. The van der Waals surface area contributed by atoms with Crippen LogP contribution in [0, 0.1) is 0 Å². The summed E-state index contributed by atoms with van der Waals surface area (Å²) < 4.78 is 0. The molecule has 1 unspecified atom stereocenters. The van der Waals surface area contributed by atoms with E-state index in [9.17, 15) is 9.90 Å². The van der Waals surface area contributed by atoms with E-state index in [0.29, 0.717) is 25.2 Å². The highest BCUT2D eigenvalue weighted by atomic mass is 16.3. The molecule has 166 valence electrons. The summed E-state index contributed by atoms with van der Waals surface area (Å²) in [6, 6.07) is 17.3. The Morgan fingerprint density at radius 1 is 1.09 bits per heavy atom. The van der Waals surface area contributed by atoms with Gasteiger partial charge in [-0.05, 0) is 68.7 Å². The number of hydrogen-bond acceptors (Lipinski definition) is 5. The van der Waals surface area contributed by atoms with E-state index in [4.69, 9.17) is 4.98 Å². The summed E-state index contributed by atoms with van der Waals surface area (Å²) in [5.41, 5.74) is 2.11. The van der Waals surface area contributed by atoms with Crippen molar-refractivity contribution >= 4 is 11.7 Å². The van der Waals surface area contributed by atoms with Crippen LogP contribution in [0.25, 0.3) is 0 Å². The zero-order valence-corrected chi connectivity index (χ0v) is 18.7. The minimum absolute atomic E-state index is 0.000730. The normalized spacial score (nSPS) is 18.4. The Labute approximate surface area is 189 Å². The third-order valence-corrected chi connectivity index (χ3v) is 6.42. The molecule has 0 aliphatic carbocycles. The summed E-state index contributed by atoms with van der Waals surface area (Å²) in [5, 5.41) is 10.2. The Hall–Kier alpha value is -3.41. The Balaban J connectivity index is 1.74. The summed E-state index contributed by atoms with van der Waals surface area (Å²) in [5.74, 6) is 1.18. The highest BCUT2D eigenvalue weighted by molar-refractivity contribution is 5.93. The van der Waals surface area contributed by atoms with Crippen molar-refractivity contribution in [2.45, 2.75) is 32.1 Å². The van der Waals surface area contributed by atoms with Gasteiger partial charge in [-0.1, -0.05) is 18.2 Å². The number of phenols is 1. The molecule has 4 rings (SSSR count). The van der Waals surface area contributed by atoms with Crippen molar-refractivity contribution < 1.29 is 9.90 Å². The molecule has 1 N–H and O–H groups in total. The first-order valence-electron chi connectivity index (χ1n) is 11.3. The molecule has 2 aromatic heterocycles. The summed E-state index contributed by atoms with van der Waals surface area (Å²) in [6.45, 7) is 6.91. The molecule has 1 saturated heterocycles. The largest absolute Gasteiger partial charge is 0.508 e. The van der Waals surface area contributed by atoms with Gasteiger partial charge in [-0.2, -0.15) is 0 Å². The van der Waals surface area contributed by atoms with Gasteiger partial charge in [-0.15, -0.1) is 0 Å². The van der Waals surface area contributed by atoms with E-state index in [1.807, 2.05) is 62.5 Å². The van der Waals surface area contributed by atoms with Crippen LogP contribution >= 0.6 is 0 Å². The van der Waals surface area contributed by atoms with Gasteiger partial charge in [0.25, 0.3) is 5.91 Å². The quantitative estimate of drug-likeness (QED) is 0.633. The number of phenolic OH excluding ortho intramolecular Hbond substituents is 1. The molecule has 0 spiro atoms. The predicted molar refractivity (Wildman–Crippen MR) is 126 cm³/mol. The van der Waals surface area contributed by atoms with E-state index < -0.39 is 5.41 Å². The molecule has 32 heavy (non-hydrogen) atoms. The number of pyridine rings is 2. The van der Waals surface area contributed by atoms with Crippen LogP contribution < -0.4 is 4.90 Å². The molecule has 3 aromatic rings. The summed E-state index contributed by atoms with van der Waals surface area (Å²) >= 11 is 0. The smallest absolute Gasteiger partial charge is 0.255 e. The molecule has 1 aliphatic rings. The number of hydrogen-bond donors (Lipinski definition) is 1. The number of carbonyl (C=O) groups excluding carboxylic acids is 1. The lowest BCUT2D eigenvalue weighted by Crippen LogP contribution is -2.47. The molecule has 1 atom stereocenters. The fourth-order valence-electron chi connectivity index (χ4n) is 4.68. The van der Waals surface area contributed by atoms with Gasteiger partial charge in [0.1, 0.15) is 11.6 Å². The maximum absolute atomic E-state index is 12.8. The minimum Gasteiger partial charge on any atom is -0.508 e. The van der Waals surface area contributed by atoms with Gasteiger partial charge in [-0.25, -0.2) is 4.98 Å². The summed E-state index contributed by atoms with van der Waals surface area (Å²) in [6.07, 6.45) is 5.37. The Morgan fingerprint density at radius 2 is 1.94 bits per heavy atom. The molecule has 1 aromatic carbocycles. The van der Waals surface area contributed by atoms with Gasteiger partial charge in [0.15, 0.2) is 0 Å². The molecule has 0 radical (unpaired) electrons. The number of aromatic hydroxyl groups is 1. The molecule has 1 aliphatic heterocycles. The number of amides is 1. The predicted octanol–water partition coefficient (Wildman–Crippen LogP) is 4.25. The van der Waals surface area contributed by atoms with Crippen LogP contribution in [0.3, 0.4) is 0 Å². The minimum atomic E-state index is -0.411. The van der Waals surface area contributed by atoms with E-state index >= 15 is 0 Å². The summed E-state index contributed by atoms with van der Waals surface area (Å²) in [4.78, 5) is 26.2. The van der Waals surface area contributed by atoms with E-state index in [1.54, 1.807) is 17.2 Å². The number of carbonyl (C=O) groups is 1. The second kappa shape index (κ2) is 9.39. The average molecular weight is 431 g/mol. The van der Waals surface area contributed by atoms with Crippen LogP contribution in [0.5, 0.6) is 5.75 Å². The first kappa shape index (κ1) is 21.8. The number of nitrogens with zero attached hydrogens (tertiary/aromatic N) is 4. The highest BCUT2D eigenvalue weighted by Gasteiger charge is 2.40. The molecule has 1 fully saturated rings. The zero-order valence-electron chi connectivity index (χ0n) is 18.7. The SMILES string of the molecule is CCN(CC)C(=O)c1ccc(C2(c3cccc(O)c3)CCCN(c3ccccn3)C2)nc1. The van der Waals surface area contributed by atoms with Crippen molar-refractivity contribution in [3.8, 4) is 5.75 Å². The lowest BCUT2D eigenvalue weighted by atomic mass is 9.71. The molecule has 6 heteroatoms. The Kier molecular flexibility index (Phi) is 6.40. The number of piperidine rings is 1. The molecular weight excluding hydrogens is 400 g/mol. The highest BCUT2D eigenvalue weighted by Crippen LogP contribution is 2.41. The number of rotatable bonds is 6. The van der Waals surface area contributed by atoms with Gasteiger partial charge in [0.2, 0.25) is 0 Å². The maximum Gasteiger partial charge on any atom is 0.255 e. The van der Waals surface area contributed by atoms with Crippen molar-refractivity contribution in [1.29, 1.82) is 0 Å². The molecule has 3 heterocycles. The molecular formula is C26H30N4O2. The van der Waals surface area contributed by atoms with Crippen molar-refractivity contribution in [3.63, 3.8) is 0 Å². The van der Waals surface area contributed by atoms with Gasteiger partial charge < -0.3 is 14.9 Å². The lowest BCUT2D eigenvalue weighted by Gasteiger charge is -2.43. The van der Waals surface area contributed by atoms with E-state index in [0.717, 1.165) is 36.5 Å². The first-order chi connectivity index (χ1) is 15.6. The second-order valence-corrected chi connectivity index (χ2v) is 8.26. The van der Waals surface area contributed by atoms with Crippen molar-refractivity contribution in [2.75, 3.05) is 31.1 Å². The Bertz CT molecular complexity index is 1050. The monoisotopic (exact) mass is 430 g/mol. The van der Waals surface area contributed by atoms with E-state index in [1.165, 1.54) is 0 Å². The van der Waals surface area contributed by atoms with Crippen LogP contribution in [0.4, 0.5) is 5.82 Å². The van der Waals surface area contributed by atoms with Crippen LogP contribution in [0.1, 0.15) is 48.3 Å². The molecule has 0 bridgehead atoms. The van der Waals surface area contributed by atoms with Crippen molar-refractivity contribution in [1.82, 2.24) is 14.9 Å². The molecule has 6 nitrogen and oxygen atoms in total. The van der Waals surface area contributed by atoms with E-state index in [-0.39, 0.29) is 11.7 Å². The maximum atomic E-state index is 12.8. The lowest BCUT2D eigenvalue weighted by molar-refractivity contribution is 0.0772. The number of anilines is 1. The fraction of sp³-hybridized carbons (Fsp3) is 0.346. The second-order valence-electron chi connectivity index (χ2n) is 8.26. The number of aromatic nitrogens is 2. The van der Waals surface area contributed by atoms with Crippen LogP contribution in [-0.4, -0.2) is 52.1 Å². The van der Waals surface area contributed by atoms with Gasteiger partial charge in [0, 0.05) is 38.6 Å². The topological polar surface area (TPSA) is 69.6 Å². The van der Waals surface area contributed by atoms with Gasteiger partial charge in [-0.3, -0.25) is 9.78 Å². The third-order valence-electron chi connectivity index (χ3n) is 6.42. The van der Waals surface area contributed by atoms with Crippen LogP contribution in [0.15, 0.2) is 67.0 Å². The molecule has 0 saturated carbocycles. The van der Waals surface area contributed by atoms with Crippen LogP contribution in [0.2, 0.25) is 0 Å². The summed E-state index contributed by atoms with van der Waals surface area (Å²) in [7, 11) is 0. The third kappa shape index (κ3) is 4.17. The van der Waals surface area contributed by atoms with Gasteiger partial charge >= 0.3 is 0 Å². The zero-order chi connectivity index (χ0) is 22.6. The van der Waals surface area contributed by atoms with Crippen molar-refractivity contribution in [3.05, 3.63) is 83.8 Å². The Morgan fingerprint density at radius 3 is 2.59 bits per heavy atom. The first-order valence-corrected chi connectivity index (χ1v) is 11.3.